The van der Waals surface area contributed by atoms with Gasteiger partial charge in [0.05, 0.1) is 11.9 Å². The molecule has 3 N–H and O–H groups in total. The number of rotatable bonds is 3. The van der Waals surface area contributed by atoms with Gasteiger partial charge in [0.15, 0.2) is 0 Å². The summed E-state index contributed by atoms with van der Waals surface area (Å²) < 4.78 is 0. The van der Waals surface area contributed by atoms with Gasteiger partial charge >= 0.3 is 0 Å². The Balaban J connectivity index is 2.16. The Hall–Kier alpha value is -2.03. The molecular formula is C14H17N3. The summed E-state index contributed by atoms with van der Waals surface area (Å²) >= 11 is 0. The number of nitrogens with zero attached hydrogens (tertiary/aromatic N) is 1. The molecule has 3 nitrogen and oxygen atoms in total. The van der Waals surface area contributed by atoms with Gasteiger partial charge in [-0.15, -0.1) is 0 Å². The van der Waals surface area contributed by atoms with Crippen LogP contribution < -0.4 is 11.1 Å². The third-order valence-electron chi connectivity index (χ3n) is 2.79. The molecule has 0 aliphatic carbocycles. The highest BCUT2D eigenvalue weighted by Crippen LogP contribution is 2.18. The van der Waals surface area contributed by atoms with Crippen LogP contribution in [0.25, 0.3) is 0 Å². The molecule has 2 rings (SSSR count). The maximum atomic E-state index is 5.73. The van der Waals surface area contributed by atoms with E-state index in [-0.39, 0.29) is 0 Å². The molecule has 88 valence electrons. The molecule has 0 radical (unpaired) electrons. The monoisotopic (exact) mass is 227 g/mol. The smallest absolute Gasteiger partial charge is 0.130 e. The number of pyridine rings is 1. The highest BCUT2D eigenvalue weighted by Gasteiger charge is 1.99. The minimum atomic E-state index is 0.719. The van der Waals surface area contributed by atoms with Crippen LogP contribution >= 0.6 is 0 Å². The highest BCUT2D eigenvalue weighted by atomic mass is 15.0. The van der Waals surface area contributed by atoms with E-state index in [0.717, 1.165) is 29.2 Å². The molecular weight excluding hydrogens is 210 g/mol. The average Bonchev–Trinajstić information content (AvgIpc) is 2.35. The zero-order chi connectivity index (χ0) is 12.3. The van der Waals surface area contributed by atoms with Crippen molar-refractivity contribution in [3.05, 3.63) is 47.7 Å². The molecule has 0 atom stereocenters. The first-order valence-corrected chi connectivity index (χ1v) is 5.77. The second-order valence-corrected chi connectivity index (χ2v) is 4.10. The van der Waals surface area contributed by atoms with Crippen LogP contribution in [0.5, 0.6) is 0 Å². The zero-order valence-electron chi connectivity index (χ0n) is 10.2. The molecule has 1 aromatic heterocycles. The summed E-state index contributed by atoms with van der Waals surface area (Å²) in [6.45, 7) is 4.12. The maximum absolute atomic E-state index is 5.73. The minimum absolute atomic E-state index is 0.719. The lowest BCUT2D eigenvalue weighted by atomic mass is 10.1. The number of nitrogen functional groups attached to an aromatic ring is 1. The van der Waals surface area contributed by atoms with Crippen molar-refractivity contribution in [2.75, 3.05) is 11.1 Å². The van der Waals surface area contributed by atoms with E-state index in [0.29, 0.717) is 0 Å². The fourth-order valence-corrected chi connectivity index (χ4v) is 1.61. The third-order valence-corrected chi connectivity index (χ3v) is 2.79. The Labute approximate surface area is 102 Å². The van der Waals surface area contributed by atoms with E-state index in [2.05, 4.69) is 41.5 Å². The van der Waals surface area contributed by atoms with E-state index in [1.165, 1.54) is 5.56 Å². The maximum Gasteiger partial charge on any atom is 0.130 e. The lowest BCUT2D eigenvalue weighted by Gasteiger charge is -2.08. The van der Waals surface area contributed by atoms with Crippen LogP contribution in [0, 0.1) is 6.92 Å². The second kappa shape index (κ2) is 4.87. The van der Waals surface area contributed by atoms with Gasteiger partial charge in [0.1, 0.15) is 5.82 Å². The molecule has 0 saturated heterocycles. The van der Waals surface area contributed by atoms with Gasteiger partial charge in [-0.1, -0.05) is 19.1 Å². The largest absolute Gasteiger partial charge is 0.397 e. The average molecular weight is 227 g/mol. The summed E-state index contributed by atoms with van der Waals surface area (Å²) in [7, 11) is 0. The predicted molar refractivity (Wildman–Crippen MR) is 72.5 cm³/mol. The number of hydrogen-bond donors (Lipinski definition) is 2. The lowest BCUT2D eigenvalue weighted by molar-refractivity contribution is 1.14. The van der Waals surface area contributed by atoms with E-state index in [1.807, 2.05) is 13.0 Å². The summed E-state index contributed by atoms with van der Waals surface area (Å²) in [5.74, 6) is 0.820. The van der Waals surface area contributed by atoms with Gasteiger partial charge in [-0.2, -0.15) is 0 Å². The first kappa shape index (κ1) is 11.5. The Bertz CT molecular complexity index is 503. The number of anilines is 3. The quantitative estimate of drug-likeness (QED) is 0.846. The third kappa shape index (κ3) is 2.75. The van der Waals surface area contributed by atoms with Crippen molar-refractivity contribution < 1.29 is 0 Å². The van der Waals surface area contributed by atoms with Gasteiger partial charge < -0.3 is 11.1 Å². The summed E-state index contributed by atoms with van der Waals surface area (Å²) in [5, 5.41) is 3.26. The number of aromatic nitrogens is 1. The van der Waals surface area contributed by atoms with Crippen LogP contribution in [0.2, 0.25) is 0 Å². The summed E-state index contributed by atoms with van der Waals surface area (Å²) in [6.07, 6.45) is 2.73. The molecule has 17 heavy (non-hydrogen) atoms. The number of nitrogens with two attached hydrogens (primary N) is 1. The van der Waals surface area contributed by atoms with Gasteiger partial charge in [-0.05, 0) is 42.7 Å². The molecule has 0 unspecified atom stereocenters. The topological polar surface area (TPSA) is 50.9 Å². The van der Waals surface area contributed by atoms with Crippen molar-refractivity contribution >= 4 is 17.2 Å². The van der Waals surface area contributed by atoms with Crippen LogP contribution in [0.3, 0.4) is 0 Å². The molecule has 3 heteroatoms. The molecule has 0 aliphatic rings. The second-order valence-electron chi connectivity index (χ2n) is 4.10. The van der Waals surface area contributed by atoms with Crippen LogP contribution in [-0.2, 0) is 6.42 Å². The van der Waals surface area contributed by atoms with Gasteiger partial charge in [0.2, 0.25) is 0 Å². The zero-order valence-corrected chi connectivity index (χ0v) is 10.2. The molecule has 2 aromatic rings. The van der Waals surface area contributed by atoms with Crippen LogP contribution in [0.15, 0.2) is 36.5 Å². The Morgan fingerprint density at radius 1 is 1.24 bits per heavy atom. The summed E-state index contributed by atoms with van der Waals surface area (Å²) in [5.41, 5.74) is 9.86. The van der Waals surface area contributed by atoms with Gasteiger partial charge in [-0.25, -0.2) is 4.98 Å². The Morgan fingerprint density at radius 2 is 1.94 bits per heavy atom. The number of benzene rings is 1. The Morgan fingerprint density at radius 3 is 2.53 bits per heavy atom. The SMILES string of the molecule is CCc1ccc(Nc2cc(C)c(N)cn2)cc1. The normalized spacial score (nSPS) is 10.2. The fraction of sp³-hybridized carbons (Fsp3) is 0.214. The molecule has 1 heterocycles. The first-order valence-electron chi connectivity index (χ1n) is 5.77. The van der Waals surface area contributed by atoms with E-state index in [4.69, 9.17) is 5.73 Å². The molecule has 0 amide bonds. The number of nitrogens with one attached hydrogen (secondary N) is 1. The molecule has 0 fully saturated rings. The van der Waals surface area contributed by atoms with Crippen LogP contribution in [0.1, 0.15) is 18.1 Å². The van der Waals surface area contributed by atoms with Crippen molar-refractivity contribution in [2.24, 2.45) is 0 Å². The highest BCUT2D eigenvalue weighted by molar-refractivity contribution is 5.59. The van der Waals surface area contributed by atoms with Gasteiger partial charge in [0.25, 0.3) is 0 Å². The van der Waals surface area contributed by atoms with E-state index in [9.17, 15) is 0 Å². The predicted octanol–water partition coefficient (Wildman–Crippen LogP) is 3.28. The van der Waals surface area contributed by atoms with Crippen molar-refractivity contribution in [3.8, 4) is 0 Å². The van der Waals surface area contributed by atoms with Crippen molar-refractivity contribution in [3.63, 3.8) is 0 Å². The summed E-state index contributed by atoms with van der Waals surface area (Å²) in [4.78, 5) is 4.24. The van der Waals surface area contributed by atoms with E-state index < -0.39 is 0 Å². The summed E-state index contributed by atoms with van der Waals surface area (Å²) in [6, 6.07) is 10.3. The molecule has 0 saturated carbocycles. The Kier molecular flexibility index (Phi) is 3.28. The van der Waals surface area contributed by atoms with Crippen LogP contribution in [-0.4, -0.2) is 4.98 Å². The number of hydrogen-bond acceptors (Lipinski definition) is 3. The van der Waals surface area contributed by atoms with Gasteiger partial charge in [-0.3, -0.25) is 0 Å². The van der Waals surface area contributed by atoms with E-state index >= 15 is 0 Å². The van der Waals surface area contributed by atoms with E-state index in [1.54, 1.807) is 6.20 Å². The number of aryl methyl sites for hydroxylation is 2. The van der Waals surface area contributed by atoms with Crippen molar-refractivity contribution in [1.29, 1.82) is 0 Å². The first-order chi connectivity index (χ1) is 8.19. The van der Waals surface area contributed by atoms with Crippen LogP contribution in [0.4, 0.5) is 17.2 Å². The molecule has 0 bridgehead atoms. The van der Waals surface area contributed by atoms with Crippen molar-refractivity contribution in [2.45, 2.75) is 20.3 Å². The fourth-order valence-electron chi connectivity index (χ4n) is 1.61. The van der Waals surface area contributed by atoms with Gasteiger partial charge in [0, 0.05) is 5.69 Å². The standard InChI is InChI=1S/C14H17N3/c1-3-11-4-6-12(7-5-11)17-14-8-10(2)13(15)9-16-14/h4-9H,3,15H2,1-2H3,(H,16,17). The molecule has 1 aromatic carbocycles. The molecule has 0 spiro atoms. The van der Waals surface area contributed by atoms with Crippen molar-refractivity contribution in [1.82, 2.24) is 4.98 Å². The minimum Gasteiger partial charge on any atom is -0.397 e. The molecule has 0 aliphatic heterocycles. The lowest BCUT2D eigenvalue weighted by Crippen LogP contribution is -1.97.